The molecule has 0 aliphatic heterocycles. The normalized spacial score (nSPS) is 31.4. The summed E-state index contributed by atoms with van der Waals surface area (Å²) in [5, 5.41) is 2.73. The molecule has 0 aromatic heterocycles. The summed E-state index contributed by atoms with van der Waals surface area (Å²) in [5.74, 6) is 0.250. The zero-order chi connectivity index (χ0) is 8.10. The number of hydrogen-bond acceptors (Lipinski definition) is 1. The Morgan fingerprint density at radius 2 is 2.00 bits per heavy atom. The van der Waals surface area contributed by atoms with Crippen molar-refractivity contribution in [2.75, 3.05) is 6.67 Å². The van der Waals surface area contributed by atoms with Crippen molar-refractivity contribution in [3.05, 3.63) is 0 Å². The van der Waals surface area contributed by atoms with E-state index in [1.165, 1.54) is 0 Å². The van der Waals surface area contributed by atoms with Gasteiger partial charge in [-0.05, 0) is 31.6 Å². The summed E-state index contributed by atoms with van der Waals surface area (Å²) in [6.45, 7) is -0.201. The van der Waals surface area contributed by atoms with Crippen LogP contribution in [0.25, 0.3) is 0 Å². The van der Waals surface area contributed by atoms with Gasteiger partial charge in [0.25, 0.3) is 0 Å². The minimum absolute atomic E-state index is 0.201. The molecule has 1 saturated carbocycles. The maximum atomic E-state index is 12.1. The van der Waals surface area contributed by atoms with Crippen molar-refractivity contribution in [3.63, 3.8) is 0 Å². The second kappa shape index (κ2) is 4.31. The fourth-order valence-corrected chi connectivity index (χ4v) is 1.58. The first-order valence-electron chi connectivity index (χ1n) is 4.12. The number of rotatable bonds is 3. The van der Waals surface area contributed by atoms with E-state index in [9.17, 15) is 9.18 Å². The number of alkyl halides is 1. The van der Waals surface area contributed by atoms with Crippen molar-refractivity contribution in [2.24, 2.45) is 5.92 Å². The Labute approximate surface area is 66.2 Å². The van der Waals surface area contributed by atoms with Gasteiger partial charge in [-0.25, -0.2) is 0 Å². The van der Waals surface area contributed by atoms with Crippen LogP contribution in [0, 0.1) is 5.92 Å². The van der Waals surface area contributed by atoms with Gasteiger partial charge in [-0.2, -0.15) is 0 Å². The minimum Gasteiger partial charge on any atom is -0.356 e. The molecule has 0 bridgehead atoms. The van der Waals surface area contributed by atoms with Gasteiger partial charge >= 0.3 is 0 Å². The van der Waals surface area contributed by atoms with Crippen LogP contribution in [0.15, 0.2) is 0 Å². The molecule has 1 rings (SSSR count). The Bertz CT molecular complexity index is 121. The molecule has 1 amide bonds. The third kappa shape index (κ3) is 2.48. The van der Waals surface area contributed by atoms with E-state index in [1.54, 1.807) is 0 Å². The molecule has 1 aliphatic rings. The highest BCUT2D eigenvalue weighted by Gasteiger charge is 2.19. The van der Waals surface area contributed by atoms with Gasteiger partial charge in [0, 0.05) is 6.04 Å². The lowest BCUT2D eigenvalue weighted by Crippen LogP contribution is -2.32. The molecular weight excluding hydrogens is 145 g/mol. The van der Waals surface area contributed by atoms with Crippen LogP contribution in [0.2, 0.25) is 0 Å². The summed E-state index contributed by atoms with van der Waals surface area (Å²) in [6, 6.07) is 0.301. The van der Waals surface area contributed by atoms with Crippen molar-refractivity contribution in [2.45, 2.75) is 31.7 Å². The van der Waals surface area contributed by atoms with Crippen LogP contribution in [-0.4, -0.2) is 19.1 Å². The Morgan fingerprint density at radius 3 is 2.45 bits per heavy atom. The summed E-state index contributed by atoms with van der Waals surface area (Å²) < 4.78 is 12.1. The SMILES string of the molecule is O=CNC1CCC(CF)CC1. The molecule has 0 atom stereocenters. The summed E-state index contributed by atoms with van der Waals surface area (Å²) >= 11 is 0. The molecule has 1 N–H and O–H groups in total. The zero-order valence-electron chi connectivity index (χ0n) is 6.55. The van der Waals surface area contributed by atoms with Crippen molar-refractivity contribution in [1.29, 1.82) is 0 Å². The van der Waals surface area contributed by atoms with Crippen LogP contribution < -0.4 is 5.32 Å². The van der Waals surface area contributed by atoms with E-state index in [1.807, 2.05) is 0 Å². The predicted octanol–water partition coefficient (Wildman–Crippen LogP) is 1.26. The van der Waals surface area contributed by atoms with Crippen LogP contribution in [0.3, 0.4) is 0 Å². The summed E-state index contributed by atoms with van der Waals surface area (Å²) in [5.41, 5.74) is 0. The van der Waals surface area contributed by atoms with E-state index >= 15 is 0 Å². The molecule has 0 spiro atoms. The first-order valence-corrected chi connectivity index (χ1v) is 4.12. The van der Waals surface area contributed by atoms with Gasteiger partial charge in [0.2, 0.25) is 6.41 Å². The number of nitrogens with one attached hydrogen (secondary N) is 1. The summed E-state index contributed by atoms with van der Waals surface area (Å²) in [6.07, 6.45) is 4.45. The summed E-state index contributed by atoms with van der Waals surface area (Å²) in [7, 11) is 0. The second-order valence-electron chi connectivity index (χ2n) is 3.16. The molecule has 0 heterocycles. The largest absolute Gasteiger partial charge is 0.356 e. The molecule has 3 heteroatoms. The number of hydrogen-bond donors (Lipinski definition) is 1. The lowest BCUT2D eigenvalue weighted by molar-refractivity contribution is -0.110. The van der Waals surface area contributed by atoms with E-state index in [0.717, 1.165) is 32.1 Å². The molecule has 0 aromatic carbocycles. The highest BCUT2D eigenvalue weighted by atomic mass is 19.1. The topological polar surface area (TPSA) is 29.1 Å². The Kier molecular flexibility index (Phi) is 3.33. The lowest BCUT2D eigenvalue weighted by atomic mass is 9.87. The molecule has 2 nitrogen and oxygen atoms in total. The molecule has 11 heavy (non-hydrogen) atoms. The fourth-order valence-electron chi connectivity index (χ4n) is 1.58. The predicted molar refractivity (Wildman–Crippen MR) is 40.9 cm³/mol. The van der Waals surface area contributed by atoms with Crippen LogP contribution in [0.1, 0.15) is 25.7 Å². The maximum absolute atomic E-state index is 12.1. The molecule has 1 aliphatic carbocycles. The summed E-state index contributed by atoms with van der Waals surface area (Å²) in [4.78, 5) is 10.0. The van der Waals surface area contributed by atoms with Crippen molar-refractivity contribution in [3.8, 4) is 0 Å². The first kappa shape index (κ1) is 8.50. The van der Waals surface area contributed by atoms with Gasteiger partial charge in [-0.3, -0.25) is 9.18 Å². The van der Waals surface area contributed by atoms with Gasteiger partial charge in [-0.1, -0.05) is 0 Å². The quantitative estimate of drug-likeness (QED) is 0.617. The third-order valence-electron chi connectivity index (χ3n) is 2.37. The van der Waals surface area contributed by atoms with Crippen molar-refractivity contribution in [1.82, 2.24) is 5.32 Å². The van der Waals surface area contributed by atoms with Gasteiger partial charge in [0.15, 0.2) is 0 Å². The zero-order valence-corrected chi connectivity index (χ0v) is 6.55. The number of carbonyl (C=O) groups is 1. The minimum atomic E-state index is -0.201. The van der Waals surface area contributed by atoms with Gasteiger partial charge in [-0.15, -0.1) is 0 Å². The van der Waals surface area contributed by atoms with E-state index in [4.69, 9.17) is 0 Å². The van der Waals surface area contributed by atoms with Crippen LogP contribution in [0.5, 0.6) is 0 Å². The standard InChI is InChI=1S/C8H14FNO/c9-5-7-1-3-8(4-2-7)10-6-11/h6-8H,1-5H2,(H,10,11). The van der Waals surface area contributed by atoms with Crippen LogP contribution in [-0.2, 0) is 4.79 Å². The van der Waals surface area contributed by atoms with E-state index in [-0.39, 0.29) is 12.6 Å². The number of amides is 1. The lowest BCUT2D eigenvalue weighted by Gasteiger charge is -2.25. The second-order valence-corrected chi connectivity index (χ2v) is 3.16. The monoisotopic (exact) mass is 159 g/mol. The first-order chi connectivity index (χ1) is 5.36. The maximum Gasteiger partial charge on any atom is 0.207 e. The highest BCUT2D eigenvalue weighted by molar-refractivity contribution is 5.46. The van der Waals surface area contributed by atoms with Gasteiger partial charge < -0.3 is 5.32 Å². The fraction of sp³-hybridized carbons (Fsp3) is 0.875. The molecule has 0 radical (unpaired) electrons. The molecule has 0 aromatic rings. The smallest absolute Gasteiger partial charge is 0.207 e. The number of carbonyl (C=O) groups excluding carboxylic acids is 1. The molecular formula is C8H14FNO. The van der Waals surface area contributed by atoms with Gasteiger partial charge in [0.05, 0.1) is 6.67 Å². The van der Waals surface area contributed by atoms with Crippen LogP contribution in [0.4, 0.5) is 4.39 Å². The Morgan fingerprint density at radius 1 is 1.36 bits per heavy atom. The Hall–Kier alpha value is -0.600. The average molecular weight is 159 g/mol. The molecule has 64 valence electrons. The molecule has 0 unspecified atom stereocenters. The Balaban J connectivity index is 2.18. The number of halogens is 1. The molecule has 1 fully saturated rings. The van der Waals surface area contributed by atoms with Crippen molar-refractivity contribution < 1.29 is 9.18 Å². The van der Waals surface area contributed by atoms with Gasteiger partial charge in [0.1, 0.15) is 0 Å². The van der Waals surface area contributed by atoms with E-state index in [0.29, 0.717) is 6.04 Å². The highest BCUT2D eigenvalue weighted by Crippen LogP contribution is 2.23. The van der Waals surface area contributed by atoms with Crippen molar-refractivity contribution >= 4 is 6.41 Å². The third-order valence-corrected chi connectivity index (χ3v) is 2.37. The molecule has 0 saturated heterocycles. The van der Waals surface area contributed by atoms with Crippen LogP contribution >= 0.6 is 0 Å². The average Bonchev–Trinajstić information content (AvgIpc) is 2.07. The van der Waals surface area contributed by atoms with E-state index in [2.05, 4.69) is 5.32 Å². The van der Waals surface area contributed by atoms with E-state index < -0.39 is 0 Å².